The molecule has 1 saturated heterocycles. The molecule has 0 radical (unpaired) electrons. The zero-order valence-electron chi connectivity index (χ0n) is 8.90. The van der Waals surface area contributed by atoms with E-state index in [1.54, 1.807) is 11.8 Å². The van der Waals surface area contributed by atoms with Gasteiger partial charge in [-0.3, -0.25) is 4.79 Å². The van der Waals surface area contributed by atoms with Gasteiger partial charge in [0.05, 0.1) is 0 Å². The van der Waals surface area contributed by atoms with Crippen LogP contribution < -0.4 is 5.32 Å². The van der Waals surface area contributed by atoms with Crippen LogP contribution in [-0.2, 0) is 9.53 Å². The van der Waals surface area contributed by atoms with Gasteiger partial charge in [-0.2, -0.15) is 0 Å². The summed E-state index contributed by atoms with van der Waals surface area (Å²) in [6, 6.07) is 0. The highest BCUT2D eigenvalue weighted by molar-refractivity contribution is 5.77. The highest BCUT2D eigenvalue weighted by Gasteiger charge is 2.24. The standard InChI is InChI=1S/C9H18N2O4/c1-2-9(13,14)15-7-8(12)11-5-3-10-4-6-11/h10,13-14H,2-7H2,1H3. The Morgan fingerprint density at radius 1 is 1.47 bits per heavy atom. The maximum Gasteiger partial charge on any atom is 0.278 e. The van der Waals surface area contributed by atoms with Crippen molar-refractivity contribution in [3.63, 3.8) is 0 Å². The summed E-state index contributed by atoms with van der Waals surface area (Å²) >= 11 is 0. The molecule has 88 valence electrons. The van der Waals surface area contributed by atoms with Crippen LogP contribution in [0.4, 0.5) is 0 Å². The van der Waals surface area contributed by atoms with Gasteiger partial charge < -0.3 is 25.2 Å². The lowest BCUT2D eigenvalue weighted by molar-refractivity contribution is -0.335. The second kappa shape index (κ2) is 5.41. The van der Waals surface area contributed by atoms with E-state index >= 15 is 0 Å². The van der Waals surface area contributed by atoms with Crippen LogP contribution >= 0.6 is 0 Å². The SMILES string of the molecule is CCC(O)(O)OCC(=O)N1CCNCC1. The Hall–Kier alpha value is -0.690. The minimum atomic E-state index is -2.19. The lowest BCUT2D eigenvalue weighted by atomic mass is 10.3. The summed E-state index contributed by atoms with van der Waals surface area (Å²) < 4.78 is 4.69. The molecule has 0 atom stereocenters. The van der Waals surface area contributed by atoms with Crippen LogP contribution in [0.15, 0.2) is 0 Å². The third-order valence-corrected chi connectivity index (χ3v) is 2.36. The number of amides is 1. The molecule has 0 bridgehead atoms. The minimum Gasteiger partial charge on any atom is -0.343 e. The van der Waals surface area contributed by atoms with Gasteiger partial charge in [0.2, 0.25) is 5.91 Å². The quantitative estimate of drug-likeness (QED) is 0.499. The van der Waals surface area contributed by atoms with E-state index in [0.717, 1.165) is 13.1 Å². The molecule has 1 amide bonds. The number of piperazine rings is 1. The Kier molecular flexibility index (Phi) is 4.46. The first-order chi connectivity index (χ1) is 7.05. The Bertz CT molecular complexity index is 214. The molecule has 0 unspecified atom stereocenters. The average Bonchev–Trinajstić information content (AvgIpc) is 2.27. The van der Waals surface area contributed by atoms with Crippen molar-refractivity contribution in [2.24, 2.45) is 0 Å². The van der Waals surface area contributed by atoms with Crippen molar-refractivity contribution >= 4 is 5.91 Å². The van der Waals surface area contributed by atoms with Gasteiger partial charge in [0.1, 0.15) is 6.61 Å². The van der Waals surface area contributed by atoms with Crippen LogP contribution in [0.1, 0.15) is 13.3 Å². The summed E-state index contributed by atoms with van der Waals surface area (Å²) in [4.78, 5) is 13.2. The van der Waals surface area contributed by atoms with E-state index in [0.29, 0.717) is 13.1 Å². The fourth-order valence-corrected chi connectivity index (χ4v) is 1.28. The Labute approximate surface area is 88.8 Å². The fraction of sp³-hybridized carbons (Fsp3) is 0.889. The summed E-state index contributed by atoms with van der Waals surface area (Å²) in [7, 11) is 0. The molecule has 1 aliphatic rings. The largest absolute Gasteiger partial charge is 0.343 e. The molecule has 1 aliphatic heterocycles. The van der Waals surface area contributed by atoms with E-state index in [-0.39, 0.29) is 18.9 Å². The van der Waals surface area contributed by atoms with Crippen LogP contribution in [-0.4, -0.2) is 59.8 Å². The molecule has 0 aromatic carbocycles. The van der Waals surface area contributed by atoms with Crippen LogP contribution in [0.25, 0.3) is 0 Å². The van der Waals surface area contributed by atoms with Crippen molar-refractivity contribution in [3.8, 4) is 0 Å². The van der Waals surface area contributed by atoms with E-state index in [2.05, 4.69) is 5.32 Å². The second-order valence-electron chi connectivity index (χ2n) is 3.52. The zero-order chi connectivity index (χ0) is 11.3. The van der Waals surface area contributed by atoms with Crippen LogP contribution in [0, 0.1) is 0 Å². The topological polar surface area (TPSA) is 82.0 Å². The molecular weight excluding hydrogens is 200 g/mol. The lowest BCUT2D eigenvalue weighted by Crippen LogP contribution is -2.48. The van der Waals surface area contributed by atoms with E-state index in [4.69, 9.17) is 14.9 Å². The molecule has 0 aliphatic carbocycles. The number of nitrogens with one attached hydrogen (secondary N) is 1. The normalized spacial score (nSPS) is 17.9. The van der Waals surface area contributed by atoms with E-state index in [9.17, 15) is 4.79 Å². The summed E-state index contributed by atoms with van der Waals surface area (Å²) in [5, 5.41) is 21.4. The third kappa shape index (κ3) is 4.13. The van der Waals surface area contributed by atoms with Crippen molar-refractivity contribution in [2.45, 2.75) is 19.3 Å². The molecule has 0 aromatic rings. The van der Waals surface area contributed by atoms with Crippen molar-refractivity contribution in [1.29, 1.82) is 0 Å². The highest BCUT2D eigenvalue weighted by atomic mass is 16.8. The van der Waals surface area contributed by atoms with Crippen molar-refractivity contribution in [3.05, 3.63) is 0 Å². The molecule has 1 rings (SSSR count). The second-order valence-corrected chi connectivity index (χ2v) is 3.52. The Balaban J connectivity index is 2.28. The number of rotatable bonds is 4. The number of aliphatic hydroxyl groups is 2. The molecule has 0 aromatic heterocycles. The number of carbonyl (C=O) groups excluding carboxylic acids is 1. The molecular formula is C9H18N2O4. The van der Waals surface area contributed by atoms with Crippen molar-refractivity contribution in [1.82, 2.24) is 10.2 Å². The third-order valence-electron chi connectivity index (χ3n) is 2.36. The summed E-state index contributed by atoms with van der Waals surface area (Å²) in [5.41, 5.74) is 0. The van der Waals surface area contributed by atoms with E-state index in [1.165, 1.54) is 0 Å². The molecule has 3 N–H and O–H groups in total. The minimum absolute atomic E-state index is 0.0296. The number of hydrogen-bond acceptors (Lipinski definition) is 5. The molecule has 1 heterocycles. The lowest BCUT2D eigenvalue weighted by Gasteiger charge is -2.28. The molecule has 0 saturated carbocycles. The molecule has 6 nitrogen and oxygen atoms in total. The van der Waals surface area contributed by atoms with Crippen LogP contribution in [0.5, 0.6) is 0 Å². The van der Waals surface area contributed by atoms with Crippen molar-refractivity contribution < 1.29 is 19.7 Å². The first kappa shape index (κ1) is 12.4. The molecule has 6 heteroatoms. The molecule has 1 fully saturated rings. The van der Waals surface area contributed by atoms with Crippen LogP contribution in [0.2, 0.25) is 0 Å². The smallest absolute Gasteiger partial charge is 0.278 e. The summed E-state index contributed by atoms with van der Waals surface area (Å²) in [6.07, 6.45) is 0.0296. The first-order valence-electron chi connectivity index (χ1n) is 5.12. The van der Waals surface area contributed by atoms with Gasteiger partial charge in [0.25, 0.3) is 5.97 Å². The van der Waals surface area contributed by atoms with E-state index in [1.807, 2.05) is 0 Å². The van der Waals surface area contributed by atoms with Gasteiger partial charge >= 0.3 is 0 Å². The number of carbonyl (C=O) groups is 1. The van der Waals surface area contributed by atoms with Gasteiger partial charge in [-0.15, -0.1) is 0 Å². The fourth-order valence-electron chi connectivity index (χ4n) is 1.28. The van der Waals surface area contributed by atoms with Crippen LogP contribution in [0.3, 0.4) is 0 Å². The van der Waals surface area contributed by atoms with Gasteiger partial charge in [-0.05, 0) is 0 Å². The number of hydrogen-bond donors (Lipinski definition) is 3. The Morgan fingerprint density at radius 2 is 2.07 bits per heavy atom. The highest BCUT2D eigenvalue weighted by Crippen LogP contribution is 2.07. The maximum atomic E-state index is 11.5. The summed E-state index contributed by atoms with van der Waals surface area (Å²) in [5.74, 6) is -2.40. The average molecular weight is 218 g/mol. The van der Waals surface area contributed by atoms with Gasteiger partial charge in [-0.1, -0.05) is 6.92 Å². The molecule has 0 spiro atoms. The predicted octanol–water partition coefficient (Wildman–Crippen LogP) is -1.52. The first-order valence-corrected chi connectivity index (χ1v) is 5.12. The van der Waals surface area contributed by atoms with Gasteiger partial charge in [-0.25, -0.2) is 0 Å². The Morgan fingerprint density at radius 3 is 2.60 bits per heavy atom. The summed E-state index contributed by atoms with van der Waals surface area (Å²) in [6.45, 7) is 4.08. The molecule has 15 heavy (non-hydrogen) atoms. The van der Waals surface area contributed by atoms with E-state index < -0.39 is 5.97 Å². The predicted molar refractivity (Wildman–Crippen MR) is 52.9 cm³/mol. The van der Waals surface area contributed by atoms with Crippen molar-refractivity contribution in [2.75, 3.05) is 32.8 Å². The maximum absolute atomic E-state index is 11.5. The number of ether oxygens (including phenoxy) is 1. The zero-order valence-corrected chi connectivity index (χ0v) is 8.90. The number of nitrogens with zero attached hydrogens (tertiary/aromatic N) is 1. The van der Waals surface area contributed by atoms with Gasteiger partial charge in [0, 0.05) is 32.6 Å². The monoisotopic (exact) mass is 218 g/mol. The van der Waals surface area contributed by atoms with Gasteiger partial charge in [0.15, 0.2) is 0 Å².